The van der Waals surface area contributed by atoms with E-state index in [-0.39, 0.29) is 12.3 Å². The van der Waals surface area contributed by atoms with Crippen molar-refractivity contribution in [3.05, 3.63) is 51.0 Å². The van der Waals surface area contributed by atoms with E-state index in [4.69, 9.17) is 4.74 Å². The first-order valence-corrected chi connectivity index (χ1v) is 6.48. The number of rotatable bonds is 5. The van der Waals surface area contributed by atoms with Crippen molar-refractivity contribution in [2.75, 3.05) is 0 Å². The molecule has 0 N–H and O–H groups in total. The highest BCUT2D eigenvalue weighted by Crippen LogP contribution is 2.29. The zero-order chi connectivity index (χ0) is 13.8. The molecule has 1 aromatic heterocycles. The quantitative estimate of drug-likeness (QED) is 0.625. The minimum Gasteiger partial charge on any atom is -0.484 e. The minimum atomic E-state index is -0.452. The molecule has 100 valence electrons. The molecule has 0 spiro atoms. The molecule has 0 radical (unpaired) electrons. The third kappa shape index (κ3) is 3.11. The molecule has 0 saturated carbocycles. The Labute approximate surface area is 118 Å². The molecule has 0 aliphatic rings. The number of halogens is 1. The number of nitrogens with zero attached hydrogens (tertiary/aromatic N) is 3. The molecule has 1 aromatic carbocycles. The maximum Gasteiger partial charge on any atom is 0.273 e. The van der Waals surface area contributed by atoms with Crippen LogP contribution in [0.1, 0.15) is 12.7 Å². The lowest BCUT2D eigenvalue weighted by Gasteiger charge is -2.09. The van der Waals surface area contributed by atoms with Crippen LogP contribution in [-0.2, 0) is 13.2 Å². The fourth-order valence-corrected chi connectivity index (χ4v) is 1.99. The fourth-order valence-electron chi connectivity index (χ4n) is 1.63. The van der Waals surface area contributed by atoms with Crippen molar-refractivity contribution in [1.82, 2.24) is 9.55 Å². The molecule has 0 bridgehead atoms. The van der Waals surface area contributed by atoms with Gasteiger partial charge in [-0.1, -0.05) is 0 Å². The average Bonchev–Trinajstić information content (AvgIpc) is 2.85. The van der Waals surface area contributed by atoms with Gasteiger partial charge < -0.3 is 9.30 Å². The van der Waals surface area contributed by atoms with Crippen molar-refractivity contribution in [3.8, 4) is 5.75 Å². The van der Waals surface area contributed by atoms with Gasteiger partial charge in [0.2, 0.25) is 0 Å². The molecule has 7 heteroatoms. The van der Waals surface area contributed by atoms with E-state index < -0.39 is 4.92 Å². The van der Waals surface area contributed by atoms with E-state index in [9.17, 15) is 10.1 Å². The zero-order valence-corrected chi connectivity index (χ0v) is 11.8. The number of nitro groups is 1. The standard InChI is InChI=1S/C12H12BrN3O3/c1-2-15-6-5-14-12(15)8-19-11-7-9(16(17)18)3-4-10(11)13/h3-7H,2,8H2,1H3. The van der Waals surface area contributed by atoms with E-state index in [1.807, 2.05) is 17.7 Å². The van der Waals surface area contributed by atoms with Gasteiger partial charge >= 0.3 is 0 Å². The second-order valence-electron chi connectivity index (χ2n) is 3.79. The van der Waals surface area contributed by atoms with Crippen LogP contribution in [0.4, 0.5) is 5.69 Å². The largest absolute Gasteiger partial charge is 0.484 e. The highest BCUT2D eigenvalue weighted by Gasteiger charge is 2.11. The Morgan fingerprint density at radius 2 is 2.32 bits per heavy atom. The van der Waals surface area contributed by atoms with Gasteiger partial charge in [0.05, 0.1) is 15.5 Å². The van der Waals surface area contributed by atoms with Gasteiger partial charge in [0.15, 0.2) is 0 Å². The van der Waals surface area contributed by atoms with Gasteiger partial charge in [-0.2, -0.15) is 0 Å². The second kappa shape index (κ2) is 5.83. The Bertz CT molecular complexity index is 598. The molecule has 0 aliphatic heterocycles. The Balaban J connectivity index is 2.15. The maximum absolute atomic E-state index is 10.7. The monoisotopic (exact) mass is 325 g/mol. The molecular formula is C12H12BrN3O3. The highest BCUT2D eigenvalue weighted by atomic mass is 79.9. The summed E-state index contributed by atoms with van der Waals surface area (Å²) in [4.78, 5) is 14.4. The predicted octanol–water partition coefficient (Wildman–Crippen LogP) is 3.15. The molecular weight excluding hydrogens is 314 g/mol. The van der Waals surface area contributed by atoms with Gasteiger partial charge in [0, 0.05) is 25.0 Å². The van der Waals surface area contributed by atoms with Crippen LogP contribution in [0.3, 0.4) is 0 Å². The fraction of sp³-hybridized carbons (Fsp3) is 0.250. The molecule has 2 rings (SSSR count). The van der Waals surface area contributed by atoms with E-state index in [2.05, 4.69) is 20.9 Å². The number of hydrogen-bond donors (Lipinski definition) is 0. The molecule has 19 heavy (non-hydrogen) atoms. The number of aryl methyl sites for hydroxylation is 1. The number of nitro benzene ring substituents is 1. The normalized spacial score (nSPS) is 10.4. The smallest absolute Gasteiger partial charge is 0.273 e. The molecule has 0 unspecified atom stereocenters. The first-order valence-electron chi connectivity index (χ1n) is 5.68. The number of ether oxygens (including phenoxy) is 1. The summed E-state index contributed by atoms with van der Waals surface area (Å²) in [6.07, 6.45) is 3.56. The Morgan fingerprint density at radius 1 is 1.53 bits per heavy atom. The van der Waals surface area contributed by atoms with E-state index >= 15 is 0 Å². The zero-order valence-electron chi connectivity index (χ0n) is 10.2. The molecule has 2 aromatic rings. The predicted molar refractivity (Wildman–Crippen MR) is 73.0 cm³/mol. The van der Waals surface area contributed by atoms with E-state index in [1.165, 1.54) is 12.1 Å². The van der Waals surface area contributed by atoms with E-state index in [0.29, 0.717) is 10.2 Å². The van der Waals surface area contributed by atoms with Crippen LogP contribution in [0.25, 0.3) is 0 Å². The van der Waals surface area contributed by atoms with Crippen molar-refractivity contribution in [3.63, 3.8) is 0 Å². The van der Waals surface area contributed by atoms with Crippen LogP contribution >= 0.6 is 15.9 Å². The van der Waals surface area contributed by atoms with Crippen molar-refractivity contribution in [2.24, 2.45) is 0 Å². The molecule has 0 saturated heterocycles. The lowest BCUT2D eigenvalue weighted by molar-refractivity contribution is -0.385. The first-order chi connectivity index (χ1) is 9.11. The van der Waals surface area contributed by atoms with Gasteiger partial charge in [0.1, 0.15) is 18.2 Å². The maximum atomic E-state index is 10.7. The Hall–Kier alpha value is -1.89. The van der Waals surface area contributed by atoms with Gasteiger partial charge in [-0.25, -0.2) is 4.98 Å². The minimum absolute atomic E-state index is 0.00275. The molecule has 0 atom stereocenters. The topological polar surface area (TPSA) is 70.2 Å². The van der Waals surface area contributed by atoms with Crippen LogP contribution in [0.2, 0.25) is 0 Å². The molecule has 0 fully saturated rings. The third-order valence-electron chi connectivity index (χ3n) is 2.62. The highest BCUT2D eigenvalue weighted by molar-refractivity contribution is 9.10. The van der Waals surface area contributed by atoms with Gasteiger partial charge in [0.25, 0.3) is 5.69 Å². The lowest BCUT2D eigenvalue weighted by Crippen LogP contribution is -2.05. The van der Waals surface area contributed by atoms with Gasteiger partial charge in [-0.15, -0.1) is 0 Å². The summed E-state index contributed by atoms with van der Waals surface area (Å²) >= 11 is 3.30. The number of hydrogen-bond acceptors (Lipinski definition) is 4. The Kier molecular flexibility index (Phi) is 4.16. The lowest BCUT2D eigenvalue weighted by atomic mass is 10.3. The van der Waals surface area contributed by atoms with Crippen molar-refractivity contribution in [2.45, 2.75) is 20.1 Å². The summed E-state index contributed by atoms with van der Waals surface area (Å²) in [7, 11) is 0. The number of non-ortho nitro benzene ring substituents is 1. The summed E-state index contributed by atoms with van der Waals surface area (Å²) < 4.78 is 8.20. The van der Waals surface area contributed by atoms with E-state index in [1.54, 1.807) is 12.3 Å². The number of benzene rings is 1. The second-order valence-corrected chi connectivity index (χ2v) is 4.64. The molecule has 6 nitrogen and oxygen atoms in total. The number of aromatic nitrogens is 2. The SMILES string of the molecule is CCn1ccnc1COc1cc([N+](=O)[O-])ccc1Br. The van der Waals surface area contributed by atoms with Crippen molar-refractivity contribution < 1.29 is 9.66 Å². The summed E-state index contributed by atoms with van der Waals surface area (Å²) in [5, 5.41) is 10.7. The van der Waals surface area contributed by atoms with Crippen LogP contribution in [-0.4, -0.2) is 14.5 Å². The van der Waals surface area contributed by atoms with Crippen LogP contribution in [0, 0.1) is 10.1 Å². The van der Waals surface area contributed by atoms with Crippen LogP contribution < -0.4 is 4.74 Å². The molecule has 1 heterocycles. The van der Waals surface area contributed by atoms with Crippen LogP contribution in [0.15, 0.2) is 35.1 Å². The average molecular weight is 326 g/mol. The van der Waals surface area contributed by atoms with Crippen LogP contribution in [0.5, 0.6) is 5.75 Å². The summed E-state index contributed by atoms with van der Waals surface area (Å²) in [5.74, 6) is 1.21. The molecule has 0 aliphatic carbocycles. The van der Waals surface area contributed by atoms with Gasteiger partial charge in [-0.3, -0.25) is 10.1 Å². The summed E-state index contributed by atoms with van der Waals surface area (Å²) in [6.45, 7) is 3.07. The summed E-state index contributed by atoms with van der Waals surface area (Å²) in [5.41, 5.74) is -0.00275. The number of imidazole rings is 1. The van der Waals surface area contributed by atoms with Crippen molar-refractivity contribution in [1.29, 1.82) is 0 Å². The van der Waals surface area contributed by atoms with Gasteiger partial charge in [-0.05, 0) is 28.9 Å². The first kappa shape index (κ1) is 13.5. The molecule has 0 amide bonds. The van der Waals surface area contributed by atoms with Crippen molar-refractivity contribution >= 4 is 21.6 Å². The summed E-state index contributed by atoms with van der Waals surface area (Å²) in [6, 6.07) is 4.41. The third-order valence-corrected chi connectivity index (χ3v) is 3.28. The van der Waals surface area contributed by atoms with E-state index in [0.717, 1.165) is 12.4 Å². The Morgan fingerprint density at radius 3 is 3.00 bits per heavy atom.